The van der Waals surface area contributed by atoms with Crippen molar-refractivity contribution in [2.75, 3.05) is 19.6 Å². The molecule has 3 unspecified atom stereocenters. The molecule has 0 bridgehead atoms. The lowest BCUT2D eigenvalue weighted by Crippen LogP contribution is -2.50. The summed E-state index contributed by atoms with van der Waals surface area (Å²) in [6, 6.07) is -0.108. The highest BCUT2D eigenvalue weighted by Gasteiger charge is 2.32. The number of rotatable bonds is 4. The van der Waals surface area contributed by atoms with E-state index in [0.29, 0.717) is 5.92 Å². The molecule has 0 spiro atoms. The summed E-state index contributed by atoms with van der Waals surface area (Å²) in [6.07, 6.45) is 7.27. The van der Waals surface area contributed by atoms with Gasteiger partial charge in [-0.05, 0) is 38.0 Å². The fraction of sp³-hybridized carbons (Fsp3) is 0.875. The molecule has 0 aromatic carbocycles. The van der Waals surface area contributed by atoms with Crippen LogP contribution in [0.1, 0.15) is 52.4 Å². The summed E-state index contributed by atoms with van der Waals surface area (Å²) in [6.45, 7) is 5.83. The van der Waals surface area contributed by atoms with Gasteiger partial charge >= 0.3 is 6.03 Å². The van der Waals surface area contributed by atoms with Crippen molar-refractivity contribution < 1.29 is 9.59 Å². The summed E-state index contributed by atoms with van der Waals surface area (Å²) in [5.41, 5.74) is 0. The molecular weight excluding hydrogens is 266 g/mol. The summed E-state index contributed by atoms with van der Waals surface area (Å²) < 4.78 is 0. The van der Waals surface area contributed by atoms with Gasteiger partial charge in [0.25, 0.3) is 0 Å². The number of piperidine rings is 1. The zero-order valence-corrected chi connectivity index (χ0v) is 13.4. The van der Waals surface area contributed by atoms with E-state index in [-0.39, 0.29) is 24.5 Å². The predicted octanol–water partition coefficient (Wildman–Crippen LogP) is 2.12. The van der Waals surface area contributed by atoms with Crippen molar-refractivity contribution in [1.82, 2.24) is 15.5 Å². The number of hydrogen-bond donors (Lipinski definition) is 2. The molecule has 3 amide bonds. The first-order valence-electron chi connectivity index (χ1n) is 8.42. The van der Waals surface area contributed by atoms with Crippen LogP contribution < -0.4 is 10.6 Å². The average Bonchev–Trinajstić information content (AvgIpc) is 2.51. The Labute approximate surface area is 127 Å². The Morgan fingerprint density at radius 2 is 1.90 bits per heavy atom. The summed E-state index contributed by atoms with van der Waals surface area (Å²) >= 11 is 0. The minimum absolute atomic E-state index is 0.0540. The molecule has 2 fully saturated rings. The molecule has 1 aliphatic heterocycles. The predicted molar refractivity (Wildman–Crippen MR) is 82.9 cm³/mol. The van der Waals surface area contributed by atoms with Crippen molar-refractivity contribution in [2.24, 2.45) is 11.8 Å². The van der Waals surface area contributed by atoms with Gasteiger partial charge in [0.1, 0.15) is 0 Å². The first kappa shape index (κ1) is 16.1. The molecule has 0 radical (unpaired) electrons. The molecular formula is C16H29N3O2. The van der Waals surface area contributed by atoms with Crippen LogP contribution >= 0.6 is 0 Å². The molecule has 2 N–H and O–H groups in total. The van der Waals surface area contributed by atoms with Gasteiger partial charge in [-0.3, -0.25) is 4.79 Å². The minimum Gasteiger partial charge on any atom is -0.341 e. The second kappa shape index (κ2) is 7.66. The Bertz CT molecular complexity index is 373. The van der Waals surface area contributed by atoms with E-state index in [1.54, 1.807) is 0 Å². The fourth-order valence-electron chi connectivity index (χ4n) is 3.47. The van der Waals surface area contributed by atoms with E-state index in [2.05, 4.69) is 10.6 Å². The molecule has 5 heteroatoms. The standard InChI is InChI=1S/C16H29N3O2/c1-3-12(2)18-16(21)17-10-15(20)19-9-8-13-6-4-5-7-14(13)11-19/h12-14H,3-11H2,1-2H3,(H2,17,18,21). The van der Waals surface area contributed by atoms with Gasteiger partial charge in [0.2, 0.25) is 5.91 Å². The summed E-state index contributed by atoms with van der Waals surface area (Å²) in [7, 11) is 0. The second-order valence-corrected chi connectivity index (χ2v) is 6.57. The highest BCUT2D eigenvalue weighted by atomic mass is 16.2. The number of hydrogen-bond acceptors (Lipinski definition) is 2. The number of likely N-dealkylation sites (tertiary alicyclic amines) is 1. The molecule has 120 valence electrons. The lowest BCUT2D eigenvalue weighted by Gasteiger charge is -2.41. The zero-order chi connectivity index (χ0) is 15.2. The van der Waals surface area contributed by atoms with Crippen molar-refractivity contribution >= 4 is 11.9 Å². The minimum atomic E-state index is -0.245. The van der Waals surface area contributed by atoms with Crippen molar-refractivity contribution in [3.05, 3.63) is 0 Å². The van der Waals surface area contributed by atoms with Gasteiger partial charge in [-0.15, -0.1) is 0 Å². The maximum absolute atomic E-state index is 12.2. The van der Waals surface area contributed by atoms with Crippen LogP contribution in [0.25, 0.3) is 0 Å². The average molecular weight is 295 g/mol. The van der Waals surface area contributed by atoms with E-state index in [4.69, 9.17) is 0 Å². The van der Waals surface area contributed by atoms with Crippen molar-refractivity contribution in [2.45, 2.75) is 58.4 Å². The van der Waals surface area contributed by atoms with Gasteiger partial charge < -0.3 is 15.5 Å². The topological polar surface area (TPSA) is 61.4 Å². The summed E-state index contributed by atoms with van der Waals surface area (Å²) in [4.78, 5) is 25.8. The van der Waals surface area contributed by atoms with E-state index in [1.807, 2.05) is 18.7 Å². The molecule has 3 atom stereocenters. The SMILES string of the molecule is CCC(C)NC(=O)NCC(=O)N1CCC2CCCCC2C1. The second-order valence-electron chi connectivity index (χ2n) is 6.57. The van der Waals surface area contributed by atoms with Crippen LogP contribution in [0.2, 0.25) is 0 Å². The van der Waals surface area contributed by atoms with Crippen LogP contribution in [0, 0.1) is 11.8 Å². The van der Waals surface area contributed by atoms with E-state index >= 15 is 0 Å². The molecule has 1 saturated heterocycles. The van der Waals surface area contributed by atoms with Gasteiger partial charge in [-0.2, -0.15) is 0 Å². The van der Waals surface area contributed by atoms with Crippen molar-refractivity contribution in [1.29, 1.82) is 0 Å². The third kappa shape index (κ3) is 4.61. The third-order valence-electron chi connectivity index (χ3n) is 5.03. The number of fused-ring (bicyclic) bond motifs is 1. The smallest absolute Gasteiger partial charge is 0.315 e. The Kier molecular flexibility index (Phi) is 5.88. The first-order chi connectivity index (χ1) is 10.1. The Morgan fingerprint density at radius 1 is 1.19 bits per heavy atom. The maximum atomic E-state index is 12.2. The number of nitrogens with zero attached hydrogens (tertiary/aromatic N) is 1. The number of carbonyl (C=O) groups excluding carboxylic acids is 2. The number of nitrogens with one attached hydrogen (secondary N) is 2. The Hall–Kier alpha value is -1.26. The van der Waals surface area contributed by atoms with E-state index in [9.17, 15) is 9.59 Å². The first-order valence-corrected chi connectivity index (χ1v) is 8.42. The molecule has 0 aromatic heterocycles. The molecule has 0 aromatic rings. The molecule has 1 aliphatic carbocycles. The molecule has 1 saturated carbocycles. The van der Waals surface area contributed by atoms with Crippen molar-refractivity contribution in [3.8, 4) is 0 Å². The Morgan fingerprint density at radius 3 is 2.62 bits per heavy atom. The number of urea groups is 1. The summed E-state index contributed by atoms with van der Waals surface area (Å²) in [5, 5.41) is 5.49. The van der Waals surface area contributed by atoms with Gasteiger partial charge in [-0.1, -0.05) is 26.2 Å². The van der Waals surface area contributed by atoms with Crippen LogP contribution in [-0.2, 0) is 4.79 Å². The summed E-state index contributed by atoms with van der Waals surface area (Å²) in [5.74, 6) is 1.56. The zero-order valence-electron chi connectivity index (χ0n) is 13.4. The van der Waals surface area contributed by atoms with E-state index in [1.165, 1.54) is 25.7 Å². The van der Waals surface area contributed by atoms with E-state index < -0.39 is 0 Å². The third-order valence-corrected chi connectivity index (χ3v) is 5.03. The van der Waals surface area contributed by atoms with Crippen molar-refractivity contribution in [3.63, 3.8) is 0 Å². The van der Waals surface area contributed by atoms with Crippen LogP contribution in [-0.4, -0.2) is 42.5 Å². The normalized spacial score (nSPS) is 26.7. The largest absolute Gasteiger partial charge is 0.341 e. The van der Waals surface area contributed by atoms with Gasteiger partial charge in [0.05, 0.1) is 6.54 Å². The van der Waals surface area contributed by atoms with Crippen LogP contribution in [0.15, 0.2) is 0 Å². The van der Waals surface area contributed by atoms with Gasteiger partial charge in [0.15, 0.2) is 0 Å². The van der Waals surface area contributed by atoms with E-state index in [0.717, 1.165) is 31.8 Å². The number of amides is 3. The highest BCUT2D eigenvalue weighted by Crippen LogP contribution is 2.35. The molecule has 2 rings (SSSR count). The van der Waals surface area contributed by atoms with Crippen LogP contribution in [0.4, 0.5) is 4.79 Å². The molecule has 2 aliphatic rings. The molecule has 5 nitrogen and oxygen atoms in total. The fourth-order valence-corrected chi connectivity index (χ4v) is 3.47. The van der Waals surface area contributed by atoms with Crippen LogP contribution in [0.5, 0.6) is 0 Å². The highest BCUT2D eigenvalue weighted by molar-refractivity contribution is 5.84. The molecule has 21 heavy (non-hydrogen) atoms. The Balaban J connectivity index is 1.72. The molecule has 1 heterocycles. The quantitative estimate of drug-likeness (QED) is 0.834. The lowest BCUT2D eigenvalue weighted by molar-refractivity contribution is -0.133. The van der Waals surface area contributed by atoms with Gasteiger partial charge in [0, 0.05) is 19.1 Å². The lowest BCUT2D eigenvalue weighted by atomic mass is 9.75. The number of carbonyl (C=O) groups is 2. The monoisotopic (exact) mass is 295 g/mol. The van der Waals surface area contributed by atoms with Crippen LogP contribution in [0.3, 0.4) is 0 Å². The van der Waals surface area contributed by atoms with Gasteiger partial charge in [-0.25, -0.2) is 4.79 Å². The maximum Gasteiger partial charge on any atom is 0.315 e.